The van der Waals surface area contributed by atoms with Crippen molar-refractivity contribution in [1.29, 1.82) is 0 Å². The van der Waals surface area contributed by atoms with Crippen molar-refractivity contribution in [2.45, 2.75) is 46.3 Å². The molecule has 0 radical (unpaired) electrons. The zero-order chi connectivity index (χ0) is 13.7. The van der Waals surface area contributed by atoms with Crippen LogP contribution in [0.4, 0.5) is 0 Å². The monoisotopic (exact) mass is 257 g/mol. The van der Waals surface area contributed by atoms with Crippen LogP contribution in [0.5, 0.6) is 0 Å². The average molecular weight is 257 g/mol. The minimum atomic E-state index is 0.324. The van der Waals surface area contributed by atoms with Crippen LogP contribution in [0.15, 0.2) is 36.7 Å². The Balaban J connectivity index is 1.98. The molecule has 2 aromatic rings. The fourth-order valence-corrected chi connectivity index (χ4v) is 2.23. The van der Waals surface area contributed by atoms with E-state index in [9.17, 15) is 0 Å². The summed E-state index contributed by atoms with van der Waals surface area (Å²) >= 11 is 0. The molecular weight excluding hydrogens is 234 g/mol. The molecular formula is C16H23N3. The molecule has 19 heavy (non-hydrogen) atoms. The predicted molar refractivity (Wildman–Crippen MR) is 79.0 cm³/mol. The van der Waals surface area contributed by atoms with Gasteiger partial charge in [0.15, 0.2) is 0 Å². The molecule has 3 heteroatoms. The second-order valence-corrected chi connectivity index (χ2v) is 4.85. The van der Waals surface area contributed by atoms with Crippen LogP contribution in [0.25, 0.3) is 0 Å². The summed E-state index contributed by atoms with van der Waals surface area (Å²) in [6.45, 7) is 8.32. The van der Waals surface area contributed by atoms with Gasteiger partial charge in [0.05, 0.1) is 6.20 Å². The lowest BCUT2D eigenvalue weighted by Gasteiger charge is -2.14. The van der Waals surface area contributed by atoms with E-state index in [1.165, 1.54) is 16.7 Å². The molecule has 0 aliphatic rings. The molecule has 1 atom stereocenters. The van der Waals surface area contributed by atoms with Crippen LogP contribution >= 0.6 is 0 Å². The summed E-state index contributed by atoms with van der Waals surface area (Å²) in [5, 5.41) is 7.90. The van der Waals surface area contributed by atoms with E-state index in [0.717, 1.165) is 19.5 Å². The van der Waals surface area contributed by atoms with Crippen molar-refractivity contribution in [3.63, 3.8) is 0 Å². The number of rotatable bonds is 6. The first kappa shape index (κ1) is 13.8. The smallest absolute Gasteiger partial charge is 0.0537 e. The number of nitrogens with zero attached hydrogens (tertiary/aromatic N) is 2. The molecule has 102 valence electrons. The maximum Gasteiger partial charge on any atom is 0.0537 e. The topological polar surface area (TPSA) is 29.9 Å². The van der Waals surface area contributed by atoms with Gasteiger partial charge in [-0.15, -0.1) is 0 Å². The van der Waals surface area contributed by atoms with Crippen LogP contribution in [0.3, 0.4) is 0 Å². The molecule has 0 bridgehead atoms. The third kappa shape index (κ3) is 3.44. The highest BCUT2D eigenvalue weighted by Gasteiger charge is 2.08. The molecule has 1 aromatic heterocycles. The average Bonchev–Trinajstić information content (AvgIpc) is 2.94. The molecule has 0 saturated carbocycles. The molecule has 1 heterocycles. The highest BCUT2D eigenvalue weighted by Crippen LogP contribution is 2.14. The minimum Gasteiger partial charge on any atom is -0.306 e. The molecule has 0 aliphatic carbocycles. The number of hydrogen-bond donors (Lipinski definition) is 1. The number of aryl methyl sites for hydroxylation is 2. The van der Waals surface area contributed by atoms with E-state index >= 15 is 0 Å². The largest absolute Gasteiger partial charge is 0.306 e. The van der Waals surface area contributed by atoms with Crippen LogP contribution in [0, 0.1) is 0 Å². The number of aromatic nitrogens is 2. The second kappa shape index (κ2) is 6.53. The van der Waals surface area contributed by atoms with Gasteiger partial charge in [-0.3, -0.25) is 4.68 Å². The van der Waals surface area contributed by atoms with Gasteiger partial charge in [-0.25, -0.2) is 0 Å². The highest BCUT2D eigenvalue weighted by atomic mass is 15.3. The Hall–Kier alpha value is -1.61. The lowest BCUT2D eigenvalue weighted by atomic mass is 10.0. The Morgan fingerprint density at radius 2 is 1.95 bits per heavy atom. The van der Waals surface area contributed by atoms with Gasteiger partial charge >= 0.3 is 0 Å². The molecule has 0 spiro atoms. The van der Waals surface area contributed by atoms with Gasteiger partial charge in [0.1, 0.15) is 0 Å². The third-order valence-electron chi connectivity index (χ3n) is 3.58. The first-order valence-corrected chi connectivity index (χ1v) is 7.07. The molecule has 0 saturated heterocycles. The molecule has 1 aromatic carbocycles. The Bertz CT molecular complexity index is 516. The zero-order valence-electron chi connectivity index (χ0n) is 12.1. The van der Waals surface area contributed by atoms with Gasteiger partial charge in [-0.05, 0) is 31.4 Å². The molecule has 0 fully saturated rings. The fourth-order valence-electron chi connectivity index (χ4n) is 2.23. The van der Waals surface area contributed by atoms with E-state index in [1.54, 1.807) is 0 Å². The normalized spacial score (nSPS) is 12.6. The molecule has 3 nitrogen and oxygen atoms in total. The van der Waals surface area contributed by atoms with Crippen LogP contribution < -0.4 is 5.32 Å². The van der Waals surface area contributed by atoms with E-state index in [4.69, 9.17) is 0 Å². The maximum absolute atomic E-state index is 4.32. The van der Waals surface area contributed by atoms with E-state index in [0.29, 0.717) is 6.04 Å². The van der Waals surface area contributed by atoms with Crippen molar-refractivity contribution >= 4 is 0 Å². The van der Waals surface area contributed by atoms with Crippen LogP contribution in [0.2, 0.25) is 0 Å². The maximum atomic E-state index is 4.32. The number of benzene rings is 1. The van der Waals surface area contributed by atoms with Crippen LogP contribution in [-0.4, -0.2) is 9.78 Å². The zero-order valence-corrected chi connectivity index (χ0v) is 12.1. The van der Waals surface area contributed by atoms with Gasteiger partial charge < -0.3 is 5.32 Å². The summed E-state index contributed by atoms with van der Waals surface area (Å²) in [6, 6.07) is 8.95. The van der Waals surface area contributed by atoms with Crippen molar-refractivity contribution in [2.24, 2.45) is 0 Å². The Morgan fingerprint density at radius 1 is 1.21 bits per heavy atom. The second-order valence-electron chi connectivity index (χ2n) is 4.85. The van der Waals surface area contributed by atoms with Crippen molar-refractivity contribution in [1.82, 2.24) is 15.1 Å². The van der Waals surface area contributed by atoms with E-state index in [-0.39, 0.29) is 0 Å². The summed E-state index contributed by atoms with van der Waals surface area (Å²) in [4.78, 5) is 0. The molecule has 0 amide bonds. The first-order chi connectivity index (χ1) is 9.24. The summed E-state index contributed by atoms with van der Waals surface area (Å²) in [7, 11) is 0. The molecule has 1 N–H and O–H groups in total. The van der Waals surface area contributed by atoms with Gasteiger partial charge in [0, 0.05) is 30.9 Å². The number of hydrogen-bond acceptors (Lipinski definition) is 2. The lowest BCUT2D eigenvalue weighted by Crippen LogP contribution is -2.18. The molecule has 1 unspecified atom stereocenters. The quantitative estimate of drug-likeness (QED) is 0.860. The summed E-state index contributed by atoms with van der Waals surface area (Å²) in [6.07, 6.45) is 5.15. The molecule has 2 rings (SSSR count). The fraction of sp³-hybridized carbons (Fsp3) is 0.438. The van der Waals surface area contributed by atoms with Crippen molar-refractivity contribution in [2.75, 3.05) is 0 Å². The van der Waals surface area contributed by atoms with Gasteiger partial charge in [-0.1, -0.05) is 31.2 Å². The third-order valence-corrected chi connectivity index (χ3v) is 3.58. The summed E-state index contributed by atoms with van der Waals surface area (Å²) < 4.78 is 1.97. The predicted octanol–water partition coefficient (Wildman–Crippen LogP) is 3.32. The van der Waals surface area contributed by atoms with E-state index in [2.05, 4.69) is 61.6 Å². The highest BCUT2D eigenvalue weighted by molar-refractivity contribution is 5.27. The summed E-state index contributed by atoms with van der Waals surface area (Å²) in [5.41, 5.74) is 4.06. The van der Waals surface area contributed by atoms with Gasteiger partial charge in [0.25, 0.3) is 0 Å². The number of nitrogens with one attached hydrogen (secondary N) is 1. The Kier molecular flexibility index (Phi) is 4.74. The first-order valence-electron chi connectivity index (χ1n) is 7.07. The van der Waals surface area contributed by atoms with Crippen molar-refractivity contribution in [3.8, 4) is 0 Å². The lowest BCUT2D eigenvalue weighted by molar-refractivity contribution is 0.571. The van der Waals surface area contributed by atoms with Crippen molar-refractivity contribution < 1.29 is 0 Å². The van der Waals surface area contributed by atoms with Crippen molar-refractivity contribution in [3.05, 3.63) is 53.3 Å². The van der Waals surface area contributed by atoms with Crippen LogP contribution in [-0.2, 0) is 19.5 Å². The van der Waals surface area contributed by atoms with Crippen LogP contribution in [0.1, 0.15) is 43.5 Å². The SMILES string of the molecule is CCc1ccccc1CNC(C)c1cnn(CC)c1. The molecule has 0 aliphatic heterocycles. The summed E-state index contributed by atoms with van der Waals surface area (Å²) in [5.74, 6) is 0. The standard InChI is InChI=1S/C16H23N3/c1-4-14-8-6-7-9-15(14)10-17-13(3)16-11-18-19(5-2)12-16/h6-9,11-13,17H,4-5,10H2,1-3H3. The Morgan fingerprint density at radius 3 is 2.58 bits per heavy atom. The van der Waals surface area contributed by atoms with E-state index < -0.39 is 0 Å². The Labute approximate surface area is 115 Å². The van der Waals surface area contributed by atoms with Gasteiger partial charge in [0.2, 0.25) is 0 Å². The van der Waals surface area contributed by atoms with E-state index in [1.807, 2.05) is 10.9 Å². The minimum absolute atomic E-state index is 0.324. The van der Waals surface area contributed by atoms with Gasteiger partial charge in [-0.2, -0.15) is 5.10 Å².